The summed E-state index contributed by atoms with van der Waals surface area (Å²) in [7, 11) is 0. The summed E-state index contributed by atoms with van der Waals surface area (Å²) in [5.74, 6) is 2.09. The van der Waals surface area contributed by atoms with Crippen molar-refractivity contribution in [2.75, 3.05) is 6.61 Å². The quantitative estimate of drug-likeness (QED) is 0.367. The molecule has 142 valence electrons. The molecule has 0 amide bonds. The van der Waals surface area contributed by atoms with Crippen LogP contribution in [0, 0.1) is 6.92 Å². The van der Waals surface area contributed by atoms with Gasteiger partial charge in [0.05, 0.1) is 17.6 Å². The molecule has 1 heterocycles. The lowest BCUT2D eigenvalue weighted by Gasteiger charge is -2.10. The molecule has 3 heteroatoms. The van der Waals surface area contributed by atoms with Crippen molar-refractivity contribution in [1.29, 1.82) is 0 Å². The first-order valence-electron chi connectivity index (χ1n) is 9.97. The monoisotopic (exact) mass is 370 g/mol. The van der Waals surface area contributed by atoms with E-state index in [1.165, 1.54) is 16.6 Å². The molecule has 3 nitrogen and oxygen atoms in total. The second kappa shape index (κ2) is 8.75. The van der Waals surface area contributed by atoms with Crippen LogP contribution >= 0.6 is 0 Å². The molecule has 0 aliphatic heterocycles. The Balaban J connectivity index is 1.41. The van der Waals surface area contributed by atoms with Gasteiger partial charge >= 0.3 is 0 Å². The summed E-state index contributed by atoms with van der Waals surface area (Å²) in [6, 6.07) is 27.2. The summed E-state index contributed by atoms with van der Waals surface area (Å²) >= 11 is 0. The zero-order valence-electron chi connectivity index (χ0n) is 16.3. The third-order valence-electron chi connectivity index (χ3n) is 4.97. The number of aromatic nitrogens is 2. The third kappa shape index (κ3) is 4.42. The molecule has 4 rings (SSSR count). The van der Waals surface area contributed by atoms with E-state index in [1.807, 2.05) is 12.1 Å². The van der Waals surface area contributed by atoms with Crippen LogP contribution in [0.2, 0.25) is 0 Å². The van der Waals surface area contributed by atoms with Gasteiger partial charge < -0.3 is 9.30 Å². The number of hydrogen-bond donors (Lipinski definition) is 0. The summed E-state index contributed by atoms with van der Waals surface area (Å²) in [5, 5.41) is 0. The molecule has 1 aromatic heterocycles. The van der Waals surface area contributed by atoms with Crippen molar-refractivity contribution in [2.45, 2.75) is 32.7 Å². The van der Waals surface area contributed by atoms with Crippen LogP contribution in [0.5, 0.6) is 5.75 Å². The van der Waals surface area contributed by atoms with Crippen molar-refractivity contribution in [3.8, 4) is 5.75 Å². The second-order valence-electron chi connectivity index (χ2n) is 7.20. The largest absolute Gasteiger partial charge is 0.494 e. The fourth-order valence-electron chi connectivity index (χ4n) is 3.56. The van der Waals surface area contributed by atoms with Crippen LogP contribution in [-0.4, -0.2) is 16.2 Å². The van der Waals surface area contributed by atoms with Gasteiger partial charge in [-0.25, -0.2) is 4.98 Å². The standard InChI is InChI=1S/C25H26N2O/c1-20-10-9-13-22(18-20)28-17-8-7-16-27-24-15-6-5-14-23(24)26-25(27)19-21-11-3-2-4-12-21/h2-6,9-15,18H,7-8,16-17,19H2,1H3. The first-order chi connectivity index (χ1) is 13.8. The van der Waals surface area contributed by atoms with Gasteiger partial charge in [0.2, 0.25) is 0 Å². The first-order valence-corrected chi connectivity index (χ1v) is 9.97. The van der Waals surface area contributed by atoms with E-state index >= 15 is 0 Å². The minimum absolute atomic E-state index is 0.740. The van der Waals surface area contributed by atoms with Crippen molar-refractivity contribution < 1.29 is 4.74 Å². The van der Waals surface area contributed by atoms with Crippen LogP contribution in [-0.2, 0) is 13.0 Å². The van der Waals surface area contributed by atoms with Gasteiger partial charge in [-0.05, 0) is 55.2 Å². The Kier molecular flexibility index (Phi) is 5.72. The Morgan fingerprint density at radius 1 is 0.857 bits per heavy atom. The van der Waals surface area contributed by atoms with Gasteiger partial charge in [0.15, 0.2) is 0 Å². The number of ether oxygens (including phenoxy) is 1. The van der Waals surface area contributed by atoms with Crippen LogP contribution in [0.15, 0.2) is 78.9 Å². The fraction of sp³-hybridized carbons (Fsp3) is 0.240. The Bertz CT molecular complexity index is 1040. The average Bonchev–Trinajstić information content (AvgIpc) is 3.06. The predicted octanol–water partition coefficient (Wildman–Crippen LogP) is 5.79. The van der Waals surface area contributed by atoms with Crippen LogP contribution in [0.3, 0.4) is 0 Å². The SMILES string of the molecule is Cc1cccc(OCCCCn2c(Cc3ccccc3)nc3ccccc32)c1. The van der Waals surface area contributed by atoms with Gasteiger partial charge in [0.1, 0.15) is 11.6 Å². The number of unbranched alkanes of at least 4 members (excludes halogenated alkanes) is 1. The number of aryl methyl sites for hydroxylation is 2. The molecular weight excluding hydrogens is 344 g/mol. The molecule has 0 saturated heterocycles. The Morgan fingerprint density at radius 2 is 1.68 bits per heavy atom. The Morgan fingerprint density at radius 3 is 2.54 bits per heavy atom. The van der Waals surface area contributed by atoms with Gasteiger partial charge in [-0.15, -0.1) is 0 Å². The maximum Gasteiger partial charge on any atom is 0.119 e. The molecule has 0 aliphatic carbocycles. The van der Waals surface area contributed by atoms with E-state index in [0.717, 1.165) is 49.5 Å². The highest BCUT2D eigenvalue weighted by atomic mass is 16.5. The summed E-state index contributed by atoms with van der Waals surface area (Å²) in [6.45, 7) is 3.79. The highest BCUT2D eigenvalue weighted by Crippen LogP contribution is 2.20. The lowest BCUT2D eigenvalue weighted by Crippen LogP contribution is -2.07. The Hall–Kier alpha value is -3.07. The number of nitrogens with zero attached hydrogens (tertiary/aromatic N) is 2. The van der Waals surface area contributed by atoms with E-state index < -0.39 is 0 Å². The lowest BCUT2D eigenvalue weighted by atomic mass is 10.1. The summed E-state index contributed by atoms with van der Waals surface area (Å²) in [6.07, 6.45) is 2.94. The van der Waals surface area contributed by atoms with Crippen LogP contribution in [0.1, 0.15) is 29.8 Å². The van der Waals surface area contributed by atoms with E-state index in [9.17, 15) is 0 Å². The number of hydrogen-bond acceptors (Lipinski definition) is 2. The molecular formula is C25H26N2O. The minimum atomic E-state index is 0.740. The Labute approximate surface area is 166 Å². The topological polar surface area (TPSA) is 27.1 Å². The van der Waals surface area contributed by atoms with E-state index in [4.69, 9.17) is 9.72 Å². The van der Waals surface area contributed by atoms with Crippen LogP contribution in [0.4, 0.5) is 0 Å². The summed E-state index contributed by atoms with van der Waals surface area (Å²) < 4.78 is 8.26. The number of para-hydroxylation sites is 2. The molecule has 0 unspecified atom stereocenters. The molecule has 0 saturated carbocycles. The molecule has 0 bridgehead atoms. The summed E-state index contributed by atoms with van der Waals surface area (Å²) in [4.78, 5) is 4.90. The van der Waals surface area contributed by atoms with Gasteiger partial charge in [-0.3, -0.25) is 0 Å². The van der Waals surface area contributed by atoms with Crippen molar-refractivity contribution in [1.82, 2.24) is 9.55 Å². The molecule has 4 aromatic rings. The molecule has 3 aromatic carbocycles. The molecule has 0 fully saturated rings. The van der Waals surface area contributed by atoms with Crippen molar-refractivity contribution in [3.05, 3.63) is 95.8 Å². The maximum absolute atomic E-state index is 5.89. The maximum atomic E-state index is 5.89. The molecule has 0 radical (unpaired) electrons. The highest BCUT2D eigenvalue weighted by Gasteiger charge is 2.10. The third-order valence-corrected chi connectivity index (χ3v) is 4.97. The molecule has 0 spiro atoms. The van der Waals surface area contributed by atoms with E-state index in [1.54, 1.807) is 0 Å². The van der Waals surface area contributed by atoms with Crippen molar-refractivity contribution in [2.24, 2.45) is 0 Å². The van der Waals surface area contributed by atoms with E-state index in [-0.39, 0.29) is 0 Å². The predicted molar refractivity (Wildman–Crippen MR) is 115 cm³/mol. The van der Waals surface area contributed by atoms with Gasteiger partial charge in [0.25, 0.3) is 0 Å². The molecule has 0 N–H and O–H groups in total. The normalized spacial score (nSPS) is 11.0. The zero-order valence-corrected chi connectivity index (χ0v) is 16.3. The van der Waals surface area contributed by atoms with Crippen molar-refractivity contribution in [3.63, 3.8) is 0 Å². The van der Waals surface area contributed by atoms with Crippen molar-refractivity contribution >= 4 is 11.0 Å². The van der Waals surface area contributed by atoms with E-state index in [2.05, 4.69) is 78.2 Å². The molecule has 0 aliphatic rings. The highest BCUT2D eigenvalue weighted by molar-refractivity contribution is 5.76. The van der Waals surface area contributed by atoms with Gasteiger partial charge in [0, 0.05) is 13.0 Å². The average molecular weight is 370 g/mol. The minimum Gasteiger partial charge on any atom is -0.494 e. The number of rotatable bonds is 8. The number of fused-ring (bicyclic) bond motifs is 1. The molecule has 0 atom stereocenters. The smallest absolute Gasteiger partial charge is 0.119 e. The lowest BCUT2D eigenvalue weighted by molar-refractivity contribution is 0.303. The van der Waals surface area contributed by atoms with E-state index in [0.29, 0.717) is 0 Å². The van der Waals surface area contributed by atoms with Crippen LogP contribution in [0.25, 0.3) is 11.0 Å². The molecule has 28 heavy (non-hydrogen) atoms. The number of imidazole rings is 1. The number of benzene rings is 3. The van der Waals surface area contributed by atoms with Gasteiger partial charge in [-0.2, -0.15) is 0 Å². The first kappa shape index (κ1) is 18.3. The van der Waals surface area contributed by atoms with Crippen LogP contribution < -0.4 is 4.74 Å². The van der Waals surface area contributed by atoms with Gasteiger partial charge in [-0.1, -0.05) is 54.6 Å². The summed E-state index contributed by atoms with van der Waals surface area (Å²) in [5.41, 5.74) is 4.81. The zero-order chi connectivity index (χ0) is 19.2. The fourth-order valence-corrected chi connectivity index (χ4v) is 3.56. The second-order valence-corrected chi connectivity index (χ2v) is 7.20.